The van der Waals surface area contributed by atoms with Crippen LogP contribution in [0.25, 0.3) is 0 Å². The smallest absolute Gasteiger partial charge is 0.323 e. The van der Waals surface area contributed by atoms with E-state index in [1.165, 1.54) is 6.20 Å². The number of amides is 2. The summed E-state index contributed by atoms with van der Waals surface area (Å²) in [5.41, 5.74) is 1.14. The number of aromatic nitrogens is 2. The Labute approximate surface area is 139 Å². The number of nitrogens with zero attached hydrogens (tertiary/aromatic N) is 3. The maximum absolute atomic E-state index is 11.9. The number of carbonyl (C=O) groups excluding carboxylic acids is 1. The second kappa shape index (κ2) is 7.96. The van der Waals surface area contributed by atoms with E-state index in [0.717, 1.165) is 0 Å². The molecule has 0 radical (unpaired) electrons. The average Bonchev–Trinajstić information content (AvgIpc) is 2.84. The van der Waals surface area contributed by atoms with Gasteiger partial charge in [0.25, 0.3) is 0 Å². The van der Waals surface area contributed by atoms with Gasteiger partial charge >= 0.3 is 6.03 Å². The van der Waals surface area contributed by atoms with Gasteiger partial charge in [0.15, 0.2) is 0 Å². The van der Waals surface area contributed by atoms with E-state index in [0.29, 0.717) is 29.5 Å². The van der Waals surface area contributed by atoms with Gasteiger partial charge < -0.3 is 20.6 Å². The summed E-state index contributed by atoms with van der Waals surface area (Å²) < 4.78 is 1.59. The SMILES string of the molecule is CN(C)C[C@@H](O)Cn1cc(NC(=O)Nc2cccc(Cl)c2)cn1. The third-order valence-corrected chi connectivity index (χ3v) is 3.18. The lowest BCUT2D eigenvalue weighted by Gasteiger charge is -2.15. The number of carbonyl (C=O) groups is 1. The van der Waals surface area contributed by atoms with Crippen LogP contribution in [0.15, 0.2) is 36.7 Å². The van der Waals surface area contributed by atoms with E-state index >= 15 is 0 Å². The first-order valence-corrected chi connectivity index (χ1v) is 7.49. The number of hydrogen-bond donors (Lipinski definition) is 3. The van der Waals surface area contributed by atoms with Crippen molar-refractivity contribution in [2.75, 3.05) is 31.3 Å². The Morgan fingerprint density at radius 2 is 2.13 bits per heavy atom. The van der Waals surface area contributed by atoms with Crippen molar-refractivity contribution in [3.05, 3.63) is 41.7 Å². The van der Waals surface area contributed by atoms with Crippen LogP contribution < -0.4 is 10.6 Å². The number of benzene rings is 1. The number of urea groups is 1. The van der Waals surface area contributed by atoms with Crippen molar-refractivity contribution in [2.45, 2.75) is 12.6 Å². The molecule has 0 aliphatic carbocycles. The number of anilines is 2. The molecule has 0 aliphatic rings. The zero-order valence-corrected chi connectivity index (χ0v) is 13.8. The topological polar surface area (TPSA) is 82.4 Å². The van der Waals surface area contributed by atoms with Gasteiger partial charge in [-0.25, -0.2) is 4.79 Å². The molecule has 7 nitrogen and oxygen atoms in total. The van der Waals surface area contributed by atoms with Crippen LogP contribution in [0.5, 0.6) is 0 Å². The molecule has 2 rings (SSSR count). The molecular formula is C15H20ClN5O2. The van der Waals surface area contributed by atoms with Crippen molar-refractivity contribution in [3.63, 3.8) is 0 Å². The number of likely N-dealkylation sites (N-methyl/N-ethyl adjacent to an activating group) is 1. The summed E-state index contributed by atoms with van der Waals surface area (Å²) >= 11 is 5.86. The molecule has 23 heavy (non-hydrogen) atoms. The van der Waals surface area contributed by atoms with E-state index in [1.54, 1.807) is 35.1 Å². The first-order valence-electron chi connectivity index (χ1n) is 7.11. The average molecular weight is 338 g/mol. The monoisotopic (exact) mass is 337 g/mol. The van der Waals surface area contributed by atoms with E-state index in [2.05, 4.69) is 15.7 Å². The van der Waals surface area contributed by atoms with Gasteiger partial charge in [0.1, 0.15) is 0 Å². The largest absolute Gasteiger partial charge is 0.390 e. The molecule has 1 heterocycles. The maximum Gasteiger partial charge on any atom is 0.323 e. The highest BCUT2D eigenvalue weighted by Gasteiger charge is 2.09. The second-order valence-corrected chi connectivity index (χ2v) is 5.89. The van der Waals surface area contributed by atoms with E-state index in [9.17, 15) is 9.90 Å². The van der Waals surface area contributed by atoms with Gasteiger partial charge in [0.05, 0.1) is 24.5 Å². The highest BCUT2D eigenvalue weighted by atomic mass is 35.5. The molecule has 1 atom stereocenters. The van der Waals surface area contributed by atoms with Crippen LogP contribution in [0.4, 0.5) is 16.2 Å². The van der Waals surface area contributed by atoms with Crippen LogP contribution in [0.3, 0.4) is 0 Å². The van der Waals surface area contributed by atoms with Gasteiger partial charge in [-0.15, -0.1) is 0 Å². The van der Waals surface area contributed by atoms with Crippen LogP contribution >= 0.6 is 11.6 Å². The third kappa shape index (κ3) is 5.90. The van der Waals surface area contributed by atoms with E-state index in [4.69, 9.17) is 11.6 Å². The number of halogens is 1. The summed E-state index contributed by atoms with van der Waals surface area (Å²) in [6.07, 6.45) is 2.66. The Kier molecular flexibility index (Phi) is 5.97. The number of aliphatic hydroxyl groups excluding tert-OH is 1. The van der Waals surface area contributed by atoms with Crippen LogP contribution in [0.1, 0.15) is 0 Å². The van der Waals surface area contributed by atoms with Crippen LogP contribution in [-0.2, 0) is 6.54 Å². The van der Waals surface area contributed by atoms with Crippen molar-refractivity contribution in [1.29, 1.82) is 0 Å². The van der Waals surface area contributed by atoms with E-state index in [-0.39, 0.29) is 6.03 Å². The molecule has 0 saturated carbocycles. The predicted molar refractivity (Wildman–Crippen MR) is 90.9 cm³/mol. The standard InChI is InChI=1S/C15H20ClN5O2/c1-20(2)9-14(22)10-21-8-13(7-17-21)19-15(23)18-12-5-3-4-11(16)6-12/h3-8,14,22H,9-10H2,1-2H3,(H2,18,19,23)/t14-/m1/s1. The molecule has 1 aromatic carbocycles. The van der Waals surface area contributed by atoms with Gasteiger partial charge in [0, 0.05) is 23.5 Å². The van der Waals surface area contributed by atoms with Gasteiger partial charge in [0.2, 0.25) is 0 Å². The predicted octanol–water partition coefficient (Wildman–Crippen LogP) is 2.10. The first kappa shape index (κ1) is 17.3. The minimum absolute atomic E-state index is 0.357. The summed E-state index contributed by atoms with van der Waals surface area (Å²) in [5.74, 6) is 0. The van der Waals surface area contributed by atoms with E-state index in [1.807, 2.05) is 19.0 Å². The summed E-state index contributed by atoms with van der Waals surface area (Å²) in [6.45, 7) is 0.896. The Hall–Kier alpha value is -2.09. The lowest BCUT2D eigenvalue weighted by Crippen LogP contribution is -2.29. The summed E-state index contributed by atoms with van der Waals surface area (Å²) in [7, 11) is 3.78. The molecular weight excluding hydrogens is 318 g/mol. The lowest BCUT2D eigenvalue weighted by atomic mass is 10.3. The fraction of sp³-hybridized carbons (Fsp3) is 0.333. The highest BCUT2D eigenvalue weighted by Crippen LogP contribution is 2.15. The normalized spacial score (nSPS) is 12.2. The molecule has 0 fully saturated rings. The number of nitrogens with one attached hydrogen (secondary N) is 2. The number of rotatable bonds is 6. The van der Waals surface area contributed by atoms with Crippen molar-refractivity contribution in [3.8, 4) is 0 Å². The van der Waals surface area contributed by atoms with Gasteiger partial charge in [-0.05, 0) is 32.3 Å². The molecule has 2 amide bonds. The molecule has 2 aromatic rings. The summed E-state index contributed by atoms with van der Waals surface area (Å²) in [5, 5.41) is 19.9. The zero-order valence-electron chi connectivity index (χ0n) is 13.0. The molecule has 0 bridgehead atoms. The summed E-state index contributed by atoms with van der Waals surface area (Å²) in [6, 6.07) is 6.49. The highest BCUT2D eigenvalue weighted by molar-refractivity contribution is 6.30. The first-order chi connectivity index (χ1) is 10.9. The lowest BCUT2D eigenvalue weighted by molar-refractivity contribution is 0.116. The minimum Gasteiger partial charge on any atom is -0.390 e. The van der Waals surface area contributed by atoms with Crippen LogP contribution in [0.2, 0.25) is 5.02 Å². The fourth-order valence-corrected chi connectivity index (χ4v) is 2.27. The Morgan fingerprint density at radius 1 is 1.39 bits per heavy atom. The Morgan fingerprint density at radius 3 is 2.83 bits per heavy atom. The number of aliphatic hydroxyl groups is 1. The van der Waals surface area contributed by atoms with E-state index < -0.39 is 6.10 Å². The van der Waals surface area contributed by atoms with Gasteiger partial charge in [-0.3, -0.25) is 4.68 Å². The third-order valence-electron chi connectivity index (χ3n) is 2.95. The quantitative estimate of drug-likeness (QED) is 0.754. The second-order valence-electron chi connectivity index (χ2n) is 5.46. The summed E-state index contributed by atoms with van der Waals surface area (Å²) in [4.78, 5) is 13.8. The van der Waals surface area contributed by atoms with Crippen molar-refractivity contribution >= 4 is 29.0 Å². The molecule has 8 heteroatoms. The minimum atomic E-state index is -0.530. The van der Waals surface area contributed by atoms with Crippen LogP contribution in [0, 0.1) is 0 Å². The van der Waals surface area contributed by atoms with Gasteiger partial charge in [-0.2, -0.15) is 5.10 Å². The number of hydrogen-bond acceptors (Lipinski definition) is 4. The molecule has 0 unspecified atom stereocenters. The van der Waals surface area contributed by atoms with Crippen LogP contribution in [-0.4, -0.2) is 52.6 Å². The Bertz CT molecular complexity index is 659. The Balaban J connectivity index is 1.87. The van der Waals surface area contributed by atoms with Crippen molar-refractivity contribution in [2.24, 2.45) is 0 Å². The van der Waals surface area contributed by atoms with Gasteiger partial charge in [-0.1, -0.05) is 17.7 Å². The molecule has 3 N–H and O–H groups in total. The maximum atomic E-state index is 11.9. The molecule has 1 aromatic heterocycles. The van der Waals surface area contributed by atoms with Crippen molar-refractivity contribution < 1.29 is 9.90 Å². The molecule has 124 valence electrons. The zero-order chi connectivity index (χ0) is 16.8. The molecule has 0 spiro atoms. The molecule has 0 saturated heterocycles. The molecule has 0 aliphatic heterocycles. The van der Waals surface area contributed by atoms with Crippen molar-refractivity contribution in [1.82, 2.24) is 14.7 Å². The fourth-order valence-electron chi connectivity index (χ4n) is 2.08.